The van der Waals surface area contributed by atoms with Crippen molar-refractivity contribution in [3.05, 3.63) is 29.6 Å². The van der Waals surface area contributed by atoms with E-state index in [-0.39, 0.29) is 5.82 Å². The van der Waals surface area contributed by atoms with Crippen molar-refractivity contribution < 1.29 is 9.18 Å². The van der Waals surface area contributed by atoms with Gasteiger partial charge < -0.3 is 4.90 Å². The highest BCUT2D eigenvalue weighted by Crippen LogP contribution is 2.25. The summed E-state index contributed by atoms with van der Waals surface area (Å²) < 4.78 is 13.6. The van der Waals surface area contributed by atoms with Gasteiger partial charge in [-0.1, -0.05) is 6.07 Å². The molecule has 0 radical (unpaired) electrons. The number of rotatable bonds is 2. The highest BCUT2D eigenvalue weighted by molar-refractivity contribution is 7.99. The molecule has 2 nitrogen and oxygen atoms in total. The number of aldehydes is 1. The third-order valence-electron chi connectivity index (χ3n) is 2.47. The molecule has 1 aliphatic heterocycles. The van der Waals surface area contributed by atoms with Crippen LogP contribution in [0.1, 0.15) is 10.4 Å². The molecular weight excluding hydrogens is 213 g/mol. The van der Waals surface area contributed by atoms with Crippen molar-refractivity contribution in [1.82, 2.24) is 0 Å². The molecule has 0 unspecified atom stereocenters. The SMILES string of the molecule is O=Cc1cccc(F)c1N1CCSCC1. The van der Waals surface area contributed by atoms with Gasteiger partial charge in [0.2, 0.25) is 0 Å². The van der Waals surface area contributed by atoms with Crippen molar-refractivity contribution in [3.63, 3.8) is 0 Å². The molecule has 1 aliphatic rings. The van der Waals surface area contributed by atoms with Crippen molar-refractivity contribution in [1.29, 1.82) is 0 Å². The van der Waals surface area contributed by atoms with E-state index in [0.717, 1.165) is 30.9 Å². The number of para-hydroxylation sites is 1. The molecule has 1 heterocycles. The normalized spacial score (nSPS) is 16.5. The third kappa shape index (κ3) is 2.15. The maximum absolute atomic E-state index is 13.6. The Morgan fingerprint density at radius 1 is 1.33 bits per heavy atom. The fraction of sp³-hybridized carbons (Fsp3) is 0.364. The molecule has 0 bridgehead atoms. The van der Waals surface area contributed by atoms with E-state index in [9.17, 15) is 9.18 Å². The molecule has 1 saturated heterocycles. The minimum Gasteiger partial charge on any atom is -0.367 e. The van der Waals surface area contributed by atoms with E-state index in [1.165, 1.54) is 6.07 Å². The number of nitrogens with zero attached hydrogens (tertiary/aromatic N) is 1. The first-order valence-electron chi connectivity index (χ1n) is 4.89. The van der Waals surface area contributed by atoms with Crippen LogP contribution in [0.3, 0.4) is 0 Å². The fourth-order valence-corrected chi connectivity index (χ4v) is 2.65. The molecule has 1 aromatic rings. The van der Waals surface area contributed by atoms with Gasteiger partial charge in [0.1, 0.15) is 5.82 Å². The van der Waals surface area contributed by atoms with Crippen LogP contribution in [0.15, 0.2) is 18.2 Å². The van der Waals surface area contributed by atoms with E-state index in [1.54, 1.807) is 12.1 Å². The molecular formula is C11H12FNOS. The quantitative estimate of drug-likeness (QED) is 0.720. The van der Waals surface area contributed by atoms with Crippen molar-refractivity contribution in [2.45, 2.75) is 0 Å². The summed E-state index contributed by atoms with van der Waals surface area (Å²) in [5.41, 5.74) is 0.912. The van der Waals surface area contributed by atoms with Gasteiger partial charge in [-0.3, -0.25) is 4.79 Å². The van der Waals surface area contributed by atoms with Gasteiger partial charge in [0.25, 0.3) is 0 Å². The predicted octanol–water partition coefficient (Wildman–Crippen LogP) is 2.19. The van der Waals surface area contributed by atoms with Gasteiger partial charge in [-0.2, -0.15) is 11.8 Å². The van der Waals surface area contributed by atoms with E-state index in [0.29, 0.717) is 11.3 Å². The smallest absolute Gasteiger partial charge is 0.152 e. The molecule has 0 N–H and O–H groups in total. The topological polar surface area (TPSA) is 20.3 Å². The average molecular weight is 225 g/mol. The van der Waals surface area contributed by atoms with E-state index in [4.69, 9.17) is 0 Å². The number of halogens is 1. The Kier molecular flexibility index (Phi) is 3.26. The van der Waals surface area contributed by atoms with Crippen LogP contribution in [0.5, 0.6) is 0 Å². The van der Waals surface area contributed by atoms with E-state index >= 15 is 0 Å². The van der Waals surface area contributed by atoms with Crippen LogP contribution in [-0.2, 0) is 0 Å². The van der Waals surface area contributed by atoms with Crippen LogP contribution in [0.2, 0.25) is 0 Å². The van der Waals surface area contributed by atoms with Crippen molar-refractivity contribution in [2.75, 3.05) is 29.5 Å². The molecule has 2 rings (SSSR count). The molecule has 0 aromatic heterocycles. The standard InChI is InChI=1S/C11H12FNOS/c12-10-3-1-2-9(8-14)11(10)13-4-6-15-7-5-13/h1-3,8H,4-7H2. The maximum atomic E-state index is 13.6. The molecule has 4 heteroatoms. The molecule has 0 atom stereocenters. The second-order valence-corrected chi connectivity index (χ2v) is 4.62. The number of hydrogen-bond acceptors (Lipinski definition) is 3. The number of carbonyl (C=O) groups excluding carboxylic acids is 1. The zero-order valence-corrected chi connectivity index (χ0v) is 9.10. The second kappa shape index (κ2) is 4.66. The Balaban J connectivity index is 2.35. The number of carbonyl (C=O) groups is 1. The molecule has 80 valence electrons. The molecule has 0 aliphatic carbocycles. The van der Waals surface area contributed by atoms with Gasteiger partial charge in [0.15, 0.2) is 6.29 Å². The Morgan fingerprint density at radius 2 is 2.07 bits per heavy atom. The van der Waals surface area contributed by atoms with E-state index in [2.05, 4.69) is 0 Å². The molecule has 0 saturated carbocycles. The van der Waals surface area contributed by atoms with Gasteiger partial charge >= 0.3 is 0 Å². The Labute approximate surface area is 92.5 Å². The average Bonchev–Trinajstić information content (AvgIpc) is 2.29. The largest absolute Gasteiger partial charge is 0.367 e. The first kappa shape index (κ1) is 10.5. The minimum absolute atomic E-state index is 0.300. The van der Waals surface area contributed by atoms with Crippen LogP contribution in [0.4, 0.5) is 10.1 Å². The van der Waals surface area contributed by atoms with Crippen LogP contribution in [0.25, 0.3) is 0 Å². The van der Waals surface area contributed by atoms with E-state index in [1.807, 2.05) is 16.7 Å². The zero-order valence-electron chi connectivity index (χ0n) is 8.28. The van der Waals surface area contributed by atoms with Crippen LogP contribution in [-0.4, -0.2) is 30.9 Å². The number of anilines is 1. The summed E-state index contributed by atoms with van der Waals surface area (Å²) in [6.07, 6.45) is 0.722. The maximum Gasteiger partial charge on any atom is 0.152 e. The van der Waals surface area contributed by atoms with Crippen LogP contribution in [0, 0.1) is 5.82 Å². The summed E-state index contributed by atoms with van der Waals surface area (Å²) in [6.45, 7) is 1.62. The summed E-state index contributed by atoms with van der Waals surface area (Å²) in [5.74, 6) is 1.69. The third-order valence-corrected chi connectivity index (χ3v) is 3.41. The summed E-state index contributed by atoms with van der Waals surface area (Å²) in [4.78, 5) is 12.8. The van der Waals surface area contributed by atoms with Crippen molar-refractivity contribution >= 4 is 23.7 Å². The van der Waals surface area contributed by atoms with Crippen molar-refractivity contribution in [2.24, 2.45) is 0 Å². The summed E-state index contributed by atoms with van der Waals surface area (Å²) in [6, 6.07) is 4.64. The van der Waals surface area contributed by atoms with Crippen LogP contribution >= 0.6 is 11.8 Å². The van der Waals surface area contributed by atoms with Gasteiger partial charge in [0.05, 0.1) is 5.69 Å². The van der Waals surface area contributed by atoms with Gasteiger partial charge in [-0.15, -0.1) is 0 Å². The number of benzene rings is 1. The molecule has 1 aromatic carbocycles. The summed E-state index contributed by atoms with van der Waals surface area (Å²) >= 11 is 1.86. The molecule has 1 fully saturated rings. The number of hydrogen-bond donors (Lipinski definition) is 0. The highest BCUT2D eigenvalue weighted by Gasteiger charge is 2.17. The lowest BCUT2D eigenvalue weighted by Crippen LogP contribution is -2.33. The molecule has 15 heavy (non-hydrogen) atoms. The van der Waals surface area contributed by atoms with Gasteiger partial charge in [-0.25, -0.2) is 4.39 Å². The second-order valence-electron chi connectivity index (χ2n) is 3.39. The lowest BCUT2D eigenvalue weighted by Gasteiger charge is -2.29. The fourth-order valence-electron chi connectivity index (χ4n) is 1.75. The minimum atomic E-state index is -0.300. The zero-order chi connectivity index (χ0) is 10.7. The molecule has 0 spiro atoms. The first-order valence-corrected chi connectivity index (χ1v) is 6.05. The Hall–Kier alpha value is -1.03. The molecule has 0 amide bonds. The lowest BCUT2D eigenvalue weighted by molar-refractivity contribution is 0.112. The summed E-state index contributed by atoms with van der Waals surface area (Å²) in [7, 11) is 0. The monoisotopic (exact) mass is 225 g/mol. The predicted molar refractivity (Wildman–Crippen MR) is 61.3 cm³/mol. The van der Waals surface area contributed by atoms with Gasteiger partial charge in [-0.05, 0) is 12.1 Å². The Bertz CT molecular complexity index is 364. The van der Waals surface area contributed by atoms with Crippen molar-refractivity contribution in [3.8, 4) is 0 Å². The highest BCUT2D eigenvalue weighted by atomic mass is 32.2. The lowest BCUT2D eigenvalue weighted by atomic mass is 10.1. The number of thioether (sulfide) groups is 1. The summed E-state index contributed by atoms with van der Waals surface area (Å²) in [5, 5.41) is 0. The van der Waals surface area contributed by atoms with E-state index < -0.39 is 0 Å². The Morgan fingerprint density at radius 3 is 2.73 bits per heavy atom. The first-order chi connectivity index (χ1) is 7.33. The van der Waals surface area contributed by atoms with Gasteiger partial charge in [0, 0.05) is 30.2 Å². The van der Waals surface area contributed by atoms with Crippen LogP contribution < -0.4 is 4.90 Å².